The molecular formula is C25H24ClN3O3S. The molecule has 0 unspecified atom stereocenters. The minimum atomic E-state index is -0.558. The number of aromatic nitrogens is 2. The van der Waals surface area contributed by atoms with Crippen LogP contribution in [0.2, 0.25) is 5.02 Å². The van der Waals surface area contributed by atoms with E-state index >= 15 is 0 Å². The molecule has 0 aliphatic carbocycles. The predicted octanol–water partition coefficient (Wildman–Crippen LogP) is 5.39. The van der Waals surface area contributed by atoms with E-state index in [1.807, 2.05) is 50.2 Å². The Morgan fingerprint density at radius 3 is 2.55 bits per heavy atom. The number of likely N-dealkylation sites (N-methyl/N-ethyl adjacent to an activating group) is 1. The van der Waals surface area contributed by atoms with Crippen molar-refractivity contribution < 1.29 is 9.21 Å². The summed E-state index contributed by atoms with van der Waals surface area (Å²) in [7, 11) is 0. The minimum absolute atomic E-state index is 0.0267. The van der Waals surface area contributed by atoms with Crippen molar-refractivity contribution in [3.05, 3.63) is 93.6 Å². The summed E-state index contributed by atoms with van der Waals surface area (Å²) in [5.74, 6) is 0.599. The van der Waals surface area contributed by atoms with Gasteiger partial charge in [-0.15, -0.1) is 0 Å². The fourth-order valence-electron chi connectivity index (χ4n) is 3.66. The van der Waals surface area contributed by atoms with Gasteiger partial charge >= 0.3 is 0 Å². The van der Waals surface area contributed by atoms with Crippen LogP contribution in [0.4, 0.5) is 0 Å². The van der Waals surface area contributed by atoms with Gasteiger partial charge in [0, 0.05) is 18.1 Å². The standard InChI is InChI=1S/C25H24ClN3O3S/c1-3-28(4-2)24(31)22(17-9-6-5-7-10-17)33-25-27-21-15-18(26)12-13-20(21)23(30)29(25)16-19-11-8-14-32-19/h5-15,22H,3-4,16H2,1-2H3/t22-/m1/s1. The maximum Gasteiger partial charge on any atom is 0.262 e. The molecule has 4 rings (SSSR count). The Labute approximate surface area is 201 Å². The number of hydrogen-bond donors (Lipinski definition) is 0. The molecular weight excluding hydrogens is 458 g/mol. The molecule has 0 spiro atoms. The summed E-state index contributed by atoms with van der Waals surface area (Å²) in [5, 5.41) is 0.826. The first-order valence-corrected chi connectivity index (χ1v) is 12.0. The number of fused-ring (bicyclic) bond motifs is 1. The highest BCUT2D eigenvalue weighted by Gasteiger charge is 2.28. The SMILES string of the molecule is CCN(CC)C(=O)[C@H](Sc1nc2cc(Cl)ccc2c(=O)n1Cc1ccco1)c1ccccc1. The first-order chi connectivity index (χ1) is 16.0. The number of hydrogen-bond acceptors (Lipinski definition) is 5. The Bertz CT molecular complexity index is 1300. The van der Waals surface area contributed by atoms with Crippen LogP contribution >= 0.6 is 23.4 Å². The van der Waals surface area contributed by atoms with Crippen LogP contribution in [0.5, 0.6) is 0 Å². The Morgan fingerprint density at radius 1 is 1.12 bits per heavy atom. The van der Waals surface area contributed by atoms with E-state index in [-0.39, 0.29) is 18.0 Å². The van der Waals surface area contributed by atoms with Crippen LogP contribution in [0.15, 0.2) is 81.3 Å². The van der Waals surface area contributed by atoms with Gasteiger partial charge < -0.3 is 9.32 Å². The molecule has 0 bridgehead atoms. The number of rotatable bonds is 8. The van der Waals surface area contributed by atoms with Gasteiger partial charge in [0.25, 0.3) is 5.56 Å². The smallest absolute Gasteiger partial charge is 0.262 e. The van der Waals surface area contributed by atoms with Crippen molar-refractivity contribution in [3.63, 3.8) is 0 Å². The molecule has 0 aliphatic heterocycles. The molecule has 2 aromatic carbocycles. The largest absolute Gasteiger partial charge is 0.467 e. The fraction of sp³-hybridized carbons (Fsp3) is 0.240. The molecule has 6 nitrogen and oxygen atoms in total. The molecule has 33 heavy (non-hydrogen) atoms. The minimum Gasteiger partial charge on any atom is -0.467 e. The third-order valence-corrected chi connectivity index (χ3v) is 6.87. The van der Waals surface area contributed by atoms with Crippen LogP contribution in [-0.4, -0.2) is 33.4 Å². The van der Waals surface area contributed by atoms with Crippen molar-refractivity contribution in [2.24, 2.45) is 0 Å². The van der Waals surface area contributed by atoms with E-state index in [4.69, 9.17) is 21.0 Å². The summed E-state index contributed by atoms with van der Waals surface area (Å²) in [5.41, 5.74) is 1.13. The lowest BCUT2D eigenvalue weighted by molar-refractivity contribution is -0.130. The van der Waals surface area contributed by atoms with Crippen LogP contribution in [0, 0.1) is 0 Å². The first-order valence-electron chi connectivity index (χ1n) is 10.7. The molecule has 0 saturated heterocycles. The van der Waals surface area contributed by atoms with Gasteiger partial charge in [-0.2, -0.15) is 0 Å². The summed E-state index contributed by atoms with van der Waals surface area (Å²) in [4.78, 5) is 33.5. The van der Waals surface area contributed by atoms with Crippen molar-refractivity contribution in [1.82, 2.24) is 14.5 Å². The van der Waals surface area contributed by atoms with E-state index in [0.717, 1.165) is 5.56 Å². The van der Waals surface area contributed by atoms with Gasteiger partial charge in [0.15, 0.2) is 5.16 Å². The van der Waals surface area contributed by atoms with E-state index in [2.05, 4.69) is 0 Å². The number of halogens is 1. The van der Waals surface area contributed by atoms with Gasteiger partial charge in [-0.3, -0.25) is 14.2 Å². The van der Waals surface area contributed by atoms with E-state index in [1.165, 1.54) is 11.8 Å². The molecule has 1 amide bonds. The van der Waals surface area contributed by atoms with E-state index in [1.54, 1.807) is 40.0 Å². The van der Waals surface area contributed by atoms with Gasteiger partial charge in [-0.25, -0.2) is 4.98 Å². The third-order valence-electron chi connectivity index (χ3n) is 5.40. The number of carbonyl (C=O) groups excluding carboxylic acids is 1. The maximum atomic E-state index is 13.5. The van der Waals surface area contributed by atoms with Crippen molar-refractivity contribution in [3.8, 4) is 0 Å². The second-order valence-corrected chi connectivity index (χ2v) is 8.95. The highest BCUT2D eigenvalue weighted by molar-refractivity contribution is 8.00. The molecule has 170 valence electrons. The van der Waals surface area contributed by atoms with E-state index in [9.17, 15) is 9.59 Å². The summed E-state index contributed by atoms with van der Waals surface area (Å²) >= 11 is 7.45. The van der Waals surface area contributed by atoms with Gasteiger partial charge in [-0.1, -0.05) is 53.7 Å². The van der Waals surface area contributed by atoms with Crippen LogP contribution in [-0.2, 0) is 11.3 Å². The second kappa shape index (κ2) is 10.3. The lowest BCUT2D eigenvalue weighted by atomic mass is 10.1. The van der Waals surface area contributed by atoms with Crippen molar-refractivity contribution in [1.29, 1.82) is 0 Å². The fourth-order valence-corrected chi connectivity index (χ4v) is 5.00. The number of amides is 1. The monoisotopic (exact) mass is 481 g/mol. The lowest BCUT2D eigenvalue weighted by Gasteiger charge is -2.25. The second-order valence-electron chi connectivity index (χ2n) is 7.45. The number of benzene rings is 2. The lowest BCUT2D eigenvalue weighted by Crippen LogP contribution is -2.34. The van der Waals surface area contributed by atoms with Crippen LogP contribution in [0.3, 0.4) is 0 Å². The maximum absolute atomic E-state index is 13.5. The predicted molar refractivity (Wildman–Crippen MR) is 132 cm³/mol. The summed E-state index contributed by atoms with van der Waals surface area (Å²) in [6, 6.07) is 18.2. The number of carbonyl (C=O) groups is 1. The summed E-state index contributed by atoms with van der Waals surface area (Å²) in [6.45, 7) is 5.31. The molecule has 0 aliphatic rings. The highest BCUT2D eigenvalue weighted by atomic mass is 35.5. The van der Waals surface area contributed by atoms with Crippen molar-refractivity contribution >= 4 is 40.2 Å². The average Bonchev–Trinajstić information content (AvgIpc) is 3.34. The summed E-state index contributed by atoms with van der Waals surface area (Å²) < 4.78 is 7.06. The zero-order chi connectivity index (χ0) is 23.4. The zero-order valence-electron chi connectivity index (χ0n) is 18.4. The Hall–Kier alpha value is -3.03. The zero-order valence-corrected chi connectivity index (χ0v) is 20.0. The molecule has 4 aromatic rings. The number of thioether (sulfide) groups is 1. The molecule has 8 heteroatoms. The van der Waals surface area contributed by atoms with Crippen molar-refractivity contribution in [2.75, 3.05) is 13.1 Å². The molecule has 2 heterocycles. The third kappa shape index (κ3) is 4.99. The molecule has 0 saturated carbocycles. The van der Waals surface area contributed by atoms with Crippen molar-refractivity contribution in [2.45, 2.75) is 30.8 Å². The number of furan rings is 1. The average molecular weight is 482 g/mol. The van der Waals surface area contributed by atoms with Crippen LogP contribution in [0.25, 0.3) is 10.9 Å². The molecule has 0 fully saturated rings. The molecule has 1 atom stereocenters. The Balaban J connectivity index is 1.86. The molecule has 2 aromatic heterocycles. The molecule has 0 radical (unpaired) electrons. The van der Waals surface area contributed by atoms with E-state index in [0.29, 0.717) is 39.9 Å². The van der Waals surface area contributed by atoms with Crippen LogP contribution in [0.1, 0.15) is 30.4 Å². The van der Waals surface area contributed by atoms with E-state index < -0.39 is 5.25 Å². The van der Waals surface area contributed by atoms with Gasteiger partial charge in [0.1, 0.15) is 11.0 Å². The first kappa shape index (κ1) is 23.1. The summed E-state index contributed by atoms with van der Waals surface area (Å²) in [6.07, 6.45) is 1.57. The van der Waals surface area contributed by atoms with Gasteiger partial charge in [0.05, 0.1) is 23.7 Å². The molecule has 0 N–H and O–H groups in total. The topological polar surface area (TPSA) is 68.3 Å². The highest BCUT2D eigenvalue weighted by Crippen LogP contribution is 2.36. The Kier molecular flexibility index (Phi) is 7.20. The Morgan fingerprint density at radius 2 is 1.88 bits per heavy atom. The van der Waals surface area contributed by atoms with Gasteiger partial charge in [-0.05, 0) is 49.7 Å². The quantitative estimate of drug-likeness (QED) is 0.249. The number of nitrogens with zero attached hydrogens (tertiary/aromatic N) is 3. The van der Waals surface area contributed by atoms with Crippen LogP contribution < -0.4 is 5.56 Å². The normalized spacial score (nSPS) is 12.1. The van der Waals surface area contributed by atoms with Gasteiger partial charge in [0.2, 0.25) is 5.91 Å².